The van der Waals surface area contributed by atoms with E-state index in [1.807, 2.05) is 0 Å². The maximum absolute atomic E-state index is 10.8. The Morgan fingerprint density at radius 1 is 1.00 bits per heavy atom. The van der Waals surface area contributed by atoms with Crippen molar-refractivity contribution in [1.29, 1.82) is 0 Å². The van der Waals surface area contributed by atoms with Crippen LogP contribution in [0.3, 0.4) is 0 Å². The predicted molar refractivity (Wildman–Crippen MR) is 72.2 cm³/mol. The maximum atomic E-state index is 10.8. The molecule has 0 aromatic carbocycles. The molecule has 98 valence electrons. The first-order valence-electron chi connectivity index (χ1n) is 6.52. The second-order valence-corrected chi connectivity index (χ2v) is 5.22. The summed E-state index contributed by atoms with van der Waals surface area (Å²) in [7, 11) is 0. The molecule has 5 heteroatoms. The van der Waals surface area contributed by atoms with Gasteiger partial charge in [-0.25, -0.2) is 0 Å². The average molecular weight is 257 g/mol. The normalized spacial score (nSPS) is 16.1. The molecule has 0 aromatic rings. The van der Waals surface area contributed by atoms with Crippen LogP contribution < -0.4 is 5.73 Å². The first-order valence-corrected chi connectivity index (χ1v) is 7.15. The molecule has 0 radical (unpaired) electrons. The smallest absolute Gasteiger partial charge is 0.221 e. The van der Waals surface area contributed by atoms with Crippen LogP contribution in [-0.2, 0) is 4.79 Å². The molecule has 1 aliphatic heterocycles. The molecule has 1 heterocycles. The van der Waals surface area contributed by atoms with Crippen molar-refractivity contribution < 1.29 is 4.79 Å². The lowest BCUT2D eigenvalue weighted by atomic mass is 10.0. The summed E-state index contributed by atoms with van der Waals surface area (Å²) in [5.41, 5.74) is 4.73. The Bertz CT molecular complexity index is 262. The minimum atomic E-state index is -0.419. The molecule has 0 aliphatic carbocycles. The third kappa shape index (κ3) is 6.66. The topological polar surface area (TPSA) is 67.8 Å². The first kappa shape index (κ1) is 14.5. The van der Waals surface area contributed by atoms with Gasteiger partial charge in [0.15, 0.2) is 5.66 Å². The van der Waals surface area contributed by atoms with Gasteiger partial charge in [-0.15, -0.1) is 0 Å². The van der Waals surface area contributed by atoms with Crippen molar-refractivity contribution in [3.8, 4) is 0 Å². The van der Waals surface area contributed by atoms with Crippen LogP contribution in [0, 0.1) is 0 Å². The summed E-state index contributed by atoms with van der Waals surface area (Å²) in [6, 6.07) is 0. The third-order valence-electron chi connectivity index (χ3n) is 3.08. The highest BCUT2D eigenvalue weighted by atomic mass is 32.1. The van der Waals surface area contributed by atoms with Crippen molar-refractivity contribution >= 4 is 18.5 Å². The van der Waals surface area contributed by atoms with E-state index >= 15 is 0 Å². The van der Waals surface area contributed by atoms with Crippen molar-refractivity contribution in [3.63, 3.8) is 0 Å². The summed E-state index contributed by atoms with van der Waals surface area (Å²) < 4.78 is 0. The van der Waals surface area contributed by atoms with Crippen LogP contribution in [0.4, 0.5) is 0 Å². The zero-order chi connectivity index (χ0) is 12.6. The van der Waals surface area contributed by atoms with Gasteiger partial charge in [0.05, 0.1) is 6.42 Å². The summed E-state index contributed by atoms with van der Waals surface area (Å²) in [6.45, 7) is 0. The molecule has 2 N–H and O–H groups in total. The van der Waals surface area contributed by atoms with Crippen molar-refractivity contribution in [2.24, 2.45) is 16.0 Å². The molecular formula is C12H23N3OS. The fourth-order valence-electron chi connectivity index (χ4n) is 2.01. The lowest BCUT2D eigenvalue weighted by Crippen LogP contribution is -2.22. The standard InChI is InChI=1S/C12H23N3OS/c13-11(16)10-12(14-15-12)8-6-4-2-1-3-5-7-9-17/h17H,1-10H2,(H2,13,16). The first-order chi connectivity index (χ1) is 8.18. The lowest BCUT2D eigenvalue weighted by Gasteiger charge is -2.07. The quantitative estimate of drug-likeness (QED) is 0.433. The molecule has 0 atom stereocenters. The van der Waals surface area contributed by atoms with Crippen LogP contribution in [0.5, 0.6) is 0 Å². The SMILES string of the molecule is NC(=O)CC1(CCCCCCCCCS)N=N1. The molecule has 1 rings (SSSR count). The van der Waals surface area contributed by atoms with Gasteiger partial charge in [-0.3, -0.25) is 4.79 Å². The van der Waals surface area contributed by atoms with Gasteiger partial charge in [-0.2, -0.15) is 22.9 Å². The number of nitrogens with zero attached hydrogens (tertiary/aromatic N) is 2. The molecule has 0 aromatic heterocycles. The van der Waals surface area contributed by atoms with Crippen LogP contribution in [0.25, 0.3) is 0 Å². The van der Waals surface area contributed by atoms with Crippen LogP contribution in [0.15, 0.2) is 10.2 Å². The number of amides is 1. The number of carbonyl (C=O) groups excluding carboxylic acids is 1. The lowest BCUT2D eigenvalue weighted by molar-refractivity contribution is -0.118. The Hall–Kier alpha value is -0.580. The van der Waals surface area contributed by atoms with E-state index < -0.39 is 5.66 Å². The Kier molecular flexibility index (Phi) is 6.55. The van der Waals surface area contributed by atoms with Gasteiger partial charge in [0.1, 0.15) is 0 Å². The minimum absolute atomic E-state index is 0.287. The molecule has 0 unspecified atom stereocenters. The van der Waals surface area contributed by atoms with Crippen molar-refractivity contribution in [1.82, 2.24) is 0 Å². The van der Waals surface area contributed by atoms with Crippen LogP contribution in [0.2, 0.25) is 0 Å². The van der Waals surface area contributed by atoms with Crippen LogP contribution in [0.1, 0.15) is 57.8 Å². The van der Waals surface area contributed by atoms with Gasteiger partial charge in [-0.1, -0.05) is 32.1 Å². The molecule has 0 saturated carbocycles. The van der Waals surface area contributed by atoms with Gasteiger partial charge in [0, 0.05) is 0 Å². The van der Waals surface area contributed by atoms with E-state index in [1.54, 1.807) is 0 Å². The summed E-state index contributed by atoms with van der Waals surface area (Å²) in [5, 5.41) is 7.90. The van der Waals surface area contributed by atoms with Gasteiger partial charge in [0.2, 0.25) is 5.91 Å². The van der Waals surface area contributed by atoms with Crippen LogP contribution in [-0.4, -0.2) is 17.3 Å². The van der Waals surface area contributed by atoms with E-state index in [0.29, 0.717) is 0 Å². The summed E-state index contributed by atoms with van der Waals surface area (Å²) in [4.78, 5) is 10.8. The molecule has 0 bridgehead atoms. The van der Waals surface area contributed by atoms with E-state index in [4.69, 9.17) is 5.73 Å². The van der Waals surface area contributed by atoms with E-state index in [1.165, 1.54) is 38.5 Å². The van der Waals surface area contributed by atoms with E-state index in [0.717, 1.165) is 18.6 Å². The highest BCUT2D eigenvalue weighted by Gasteiger charge is 2.40. The minimum Gasteiger partial charge on any atom is -0.370 e. The van der Waals surface area contributed by atoms with Gasteiger partial charge in [-0.05, 0) is 25.0 Å². The fraction of sp³-hybridized carbons (Fsp3) is 0.917. The summed E-state index contributed by atoms with van der Waals surface area (Å²) in [6.07, 6.45) is 9.84. The number of primary amides is 1. The molecule has 0 spiro atoms. The Morgan fingerprint density at radius 2 is 1.53 bits per heavy atom. The number of carbonyl (C=O) groups is 1. The molecule has 1 aliphatic rings. The monoisotopic (exact) mass is 257 g/mol. The number of unbranched alkanes of at least 4 members (excludes halogenated alkanes) is 6. The van der Waals surface area contributed by atoms with E-state index in [2.05, 4.69) is 22.9 Å². The maximum Gasteiger partial charge on any atom is 0.221 e. The fourth-order valence-corrected chi connectivity index (χ4v) is 2.24. The summed E-state index contributed by atoms with van der Waals surface area (Å²) >= 11 is 4.19. The number of hydrogen-bond donors (Lipinski definition) is 2. The highest BCUT2D eigenvalue weighted by molar-refractivity contribution is 7.80. The highest BCUT2D eigenvalue weighted by Crippen LogP contribution is 2.36. The second-order valence-electron chi connectivity index (χ2n) is 4.77. The number of rotatable bonds is 11. The van der Waals surface area contributed by atoms with Gasteiger partial charge >= 0.3 is 0 Å². The molecular weight excluding hydrogens is 234 g/mol. The number of nitrogens with two attached hydrogens (primary N) is 1. The van der Waals surface area contributed by atoms with Crippen molar-refractivity contribution in [3.05, 3.63) is 0 Å². The Labute approximate surface area is 109 Å². The molecule has 1 amide bonds. The third-order valence-corrected chi connectivity index (χ3v) is 3.39. The van der Waals surface area contributed by atoms with Crippen LogP contribution >= 0.6 is 12.6 Å². The zero-order valence-electron chi connectivity index (χ0n) is 10.4. The Balaban J connectivity index is 1.89. The van der Waals surface area contributed by atoms with Gasteiger partial charge in [0.25, 0.3) is 0 Å². The molecule has 4 nitrogen and oxygen atoms in total. The largest absolute Gasteiger partial charge is 0.370 e. The number of thiol groups is 1. The summed E-state index contributed by atoms with van der Waals surface area (Å²) in [5.74, 6) is 0.695. The molecule has 0 fully saturated rings. The Morgan fingerprint density at radius 3 is 2.00 bits per heavy atom. The predicted octanol–water partition coefficient (Wildman–Crippen LogP) is 3.07. The van der Waals surface area contributed by atoms with E-state index in [-0.39, 0.29) is 12.3 Å². The average Bonchev–Trinajstić information content (AvgIpc) is 3.01. The second kappa shape index (κ2) is 7.69. The molecule has 17 heavy (non-hydrogen) atoms. The zero-order valence-corrected chi connectivity index (χ0v) is 11.3. The van der Waals surface area contributed by atoms with Gasteiger partial charge < -0.3 is 5.73 Å². The van der Waals surface area contributed by atoms with E-state index in [9.17, 15) is 4.79 Å². The number of hydrogen-bond acceptors (Lipinski definition) is 4. The molecule has 0 saturated heterocycles. The van der Waals surface area contributed by atoms with Crippen molar-refractivity contribution in [2.45, 2.75) is 63.5 Å². The van der Waals surface area contributed by atoms with Crippen molar-refractivity contribution in [2.75, 3.05) is 5.75 Å².